The second kappa shape index (κ2) is 12.6. The average Bonchev–Trinajstić information content (AvgIpc) is 2.84. The van der Waals surface area contributed by atoms with Gasteiger partial charge in [-0.25, -0.2) is 0 Å². The van der Waals surface area contributed by atoms with E-state index in [1.807, 2.05) is 48.5 Å². The Morgan fingerprint density at radius 3 is 2.68 bits per heavy atom. The third-order valence-electron chi connectivity index (χ3n) is 6.00. The molecule has 182 valence electrons. The maximum Gasteiger partial charge on any atom is 0.308 e. The van der Waals surface area contributed by atoms with Crippen LogP contribution in [0.5, 0.6) is 5.75 Å². The van der Waals surface area contributed by atoms with E-state index in [0.717, 1.165) is 16.5 Å². The summed E-state index contributed by atoms with van der Waals surface area (Å²) < 4.78 is 11.8. The van der Waals surface area contributed by atoms with Crippen molar-refractivity contribution >= 4 is 33.7 Å². The van der Waals surface area contributed by atoms with Crippen LogP contribution in [-0.2, 0) is 25.5 Å². The maximum atomic E-state index is 12.9. The van der Waals surface area contributed by atoms with Gasteiger partial charge in [0.1, 0.15) is 11.8 Å². The fraction of sp³-hybridized carbons (Fsp3) is 0.423. The highest BCUT2D eigenvalue weighted by molar-refractivity contribution is 9.10. The first kappa shape index (κ1) is 25.7. The van der Waals surface area contributed by atoms with E-state index in [2.05, 4.69) is 35.1 Å². The Labute approximate surface area is 208 Å². The van der Waals surface area contributed by atoms with E-state index in [1.54, 1.807) is 0 Å². The lowest BCUT2D eigenvalue weighted by Gasteiger charge is -2.34. The molecule has 1 heterocycles. The first-order valence-electron chi connectivity index (χ1n) is 11.6. The molecule has 2 aromatic rings. The first-order valence-corrected chi connectivity index (χ1v) is 12.4. The molecule has 34 heavy (non-hydrogen) atoms. The van der Waals surface area contributed by atoms with Crippen LogP contribution in [0.1, 0.15) is 43.7 Å². The van der Waals surface area contributed by atoms with Crippen LogP contribution in [0.15, 0.2) is 53.0 Å². The maximum absolute atomic E-state index is 12.9. The summed E-state index contributed by atoms with van der Waals surface area (Å²) in [5.74, 6) is -0.251. The van der Waals surface area contributed by atoms with Crippen LogP contribution in [0.25, 0.3) is 0 Å². The number of ether oxygens (including phenoxy) is 2. The molecule has 2 atom stereocenters. The number of esters is 1. The number of carbonyl (C=O) groups is 3. The van der Waals surface area contributed by atoms with Crippen LogP contribution < -0.4 is 10.1 Å². The number of piperazine rings is 1. The van der Waals surface area contributed by atoms with E-state index in [0.29, 0.717) is 31.2 Å². The number of halogens is 1. The van der Waals surface area contributed by atoms with Crippen LogP contribution in [0.2, 0.25) is 0 Å². The Hall–Kier alpha value is -2.87. The monoisotopic (exact) mass is 530 g/mol. The first-order chi connectivity index (χ1) is 16.4. The van der Waals surface area contributed by atoms with Gasteiger partial charge in [0.25, 0.3) is 5.91 Å². The summed E-state index contributed by atoms with van der Waals surface area (Å²) >= 11 is 3.51. The van der Waals surface area contributed by atoms with Crippen molar-refractivity contribution in [2.75, 3.05) is 26.3 Å². The van der Waals surface area contributed by atoms with E-state index in [4.69, 9.17) is 9.47 Å². The molecule has 2 aromatic carbocycles. The molecule has 2 unspecified atom stereocenters. The fourth-order valence-corrected chi connectivity index (χ4v) is 4.27. The lowest BCUT2D eigenvalue weighted by atomic mass is 9.99. The summed E-state index contributed by atoms with van der Waals surface area (Å²) in [6.07, 6.45) is 1.42. The van der Waals surface area contributed by atoms with Crippen molar-refractivity contribution in [3.63, 3.8) is 0 Å². The van der Waals surface area contributed by atoms with Crippen LogP contribution in [0, 0.1) is 0 Å². The zero-order valence-corrected chi connectivity index (χ0v) is 21.2. The third-order valence-corrected chi connectivity index (χ3v) is 6.62. The van der Waals surface area contributed by atoms with Crippen molar-refractivity contribution in [3.05, 3.63) is 64.1 Å². The van der Waals surface area contributed by atoms with Gasteiger partial charge in [0.2, 0.25) is 5.91 Å². The molecule has 1 aliphatic heterocycles. The van der Waals surface area contributed by atoms with Crippen molar-refractivity contribution in [2.45, 2.75) is 45.1 Å². The smallest absolute Gasteiger partial charge is 0.308 e. The largest absolute Gasteiger partial charge is 0.483 e. The van der Waals surface area contributed by atoms with Crippen molar-refractivity contribution in [1.82, 2.24) is 10.2 Å². The van der Waals surface area contributed by atoms with Gasteiger partial charge in [0, 0.05) is 19.5 Å². The van der Waals surface area contributed by atoms with Crippen molar-refractivity contribution in [2.24, 2.45) is 0 Å². The molecule has 3 rings (SSSR count). The molecule has 1 fully saturated rings. The molecule has 0 bridgehead atoms. The summed E-state index contributed by atoms with van der Waals surface area (Å²) in [5.41, 5.74) is 2.25. The molecule has 1 N–H and O–H groups in total. The van der Waals surface area contributed by atoms with Gasteiger partial charge in [-0.1, -0.05) is 50.2 Å². The van der Waals surface area contributed by atoms with Gasteiger partial charge in [0.05, 0.1) is 17.5 Å². The molecular formula is C26H31BrN2O5. The molecule has 0 saturated carbocycles. The number of rotatable bonds is 10. The quantitative estimate of drug-likeness (QED) is 0.471. The Kier molecular flexibility index (Phi) is 9.51. The van der Waals surface area contributed by atoms with Gasteiger partial charge >= 0.3 is 5.97 Å². The molecule has 0 aliphatic carbocycles. The zero-order chi connectivity index (χ0) is 24.5. The summed E-state index contributed by atoms with van der Waals surface area (Å²) in [4.78, 5) is 39.1. The second-order valence-electron chi connectivity index (χ2n) is 8.34. The zero-order valence-electron chi connectivity index (χ0n) is 19.6. The lowest BCUT2D eigenvalue weighted by Crippen LogP contribution is -2.58. The summed E-state index contributed by atoms with van der Waals surface area (Å²) in [7, 11) is 0. The van der Waals surface area contributed by atoms with Gasteiger partial charge in [-0.3, -0.25) is 14.4 Å². The topological polar surface area (TPSA) is 84.9 Å². The molecule has 1 saturated heterocycles. The highest BCUT2D eigenvalue weighted by atomic mass is 79.9. The van der Waals surface area contributed by atoms with E-state index >= 15 is 0 Å². The molecular weight excluding hydrogens is 500 g/mol. The van der Waals surface area contributed by atoms with E-state index in [1.165, 1.54) is 10.5 Å². The highest BCUT2D eigenvalue weighted by Gasteiger charge is 2.35. The van der Waals surface area contributed by atoms with Gasteiger partial charge in [-0.05, 0) is 51.5 Å². The van der Waals surface area contributed by atoms with Gasteiger partial charge in [0.15, 0.2) is 6.61 Å². The third kappa shape index (κ3) is 7.06. The van der Waals surface area contributed by atoms with Crippen molar-refractivity contribution in [1.29, 1.82) is 0 Å². The standard InChI is InChI=1S/C26H31BrN2O5/c1-3-18(2)20-9-10-23(21(27)15-20)34-17-24(30)29-13-12-28-26(32)22(29)16-25(31)33-14-11-19-7-5-4-6-8-19/h4-10,15,18,22H,3,11-14,16-17H2,1-2H3,(H,28,32). The summed E-state index contributed by atoms with van der Waals surface area (Å²) in [6.45, 7) is 4.91. The normalized spacial score (nSPS) is 16.5. The van der Waals surface area contributed by atoms with Crippen molar-refractivity contribution < 1.29 is 23.9 Å². The fourth-order valence-electron chi connectivity index (χ4n) is 3.76. The van der Waals surface area contributed by atoms with Crippen LogP contribution in [0.3, 0.4) is 0 Å². The minimum atomic E-state index is -0.912. The van der Waals surface area contributed by atoms with Gasteiger partial charge < -0.3 is 19.7 Å². The number of benzene rings is 2. The van der Waals surface area contributed by atoms with Crippen molar-refractivity contribution in [3.8, 4) is 5.75 Å². The van der Waals surface area contributed by atoms with E-state index in [9.17, 15) is 14.4 Å². The van der Waals surface area contributed by atoms with E-state index in [-0.39, 0.29) is 31.4 Å². The van der Waals surface area contributed by atoms with Crippen LogP contribution >= 0.6 is 15.9 Å². The molecule has 7 nitrogen and oxygen atoms in total. The number of hydrogen-bond donors (Lipinski definition) is 1. The molecule has 2 amide bonds. The predicted molar refractivity (Wildman–Crippen MR) is 133 cm³/mol. The number of amides is 2. The van der Waals surface area contributed by atoms with E-state index < -0.39 is 12.0 Å². The van der Waals surface area contributed by atoms with Crippen LogP contribution in [0.4, 0.5) is 0 Å². The molecule has 1 aliphatic rings. The van der Waals surface area contributed by atoms with Crippen LogP contribution in [-0.4, -0.2) is 55.0 Å². The molecule has 0 aromatic heterocycles. The summed E-state index contributed by atoms with van der Waals surface area (Å²) in [5, 5.41) is 2.72. The Bertz CT molecular complexity index is 998. The minimum Gasteiger partial charge on any atom is -0.483 e. The Morgan fingerprint density at radius 1 is 1.21 bits per heavy atom. The summed E-state index contributed by atoms with van der Waals surface area (Å²) in [6, 6.07) is 14.6. The van der Waals surface area contributed by atoms with Gasteiger partial charge in [-0.2, -0.15) is 0 Å². The molecule has 0 radical (unpaired) electrons. The molecule has 8 heteroatoms. The number of nitrogens with zero attached hydrogens (tertiary/aromatic N) is 1. The number of nitrogens with one attached hydrogen (secondary N) is 1. The molecule has 0 spiro atoms. The predicted octanol–water partition coefficient (Wildman–Crippen LogP) is 3.84. The number of hydrogen-bond acceptors (Lipinski definition) is 5. The number of carbonyl (C=O) groups excluding carboxylic acids is 3. The Balaban J connectivity index is 1.54. The Morgan fingerprint density at radius 2 is 1.97 bits per heavy atom. The highest BCUT2D eigenvalue weighted by Crippen LogP contribution is 2.30. The second-order valence-corrected chi connectivity index (χ2v) is 9.20. The SMILES string of the molecule is CCC(C)c1ccc(OCC(=O)N2CCNC(=O)C2CC(=O)OCCc2ccccc2)c(Br)c1. The van der Waals surface area contributed by atoms with Gasteiger partial charge in [-0.15, -0.1) is 0 Å². The average molecular weight is 531 g/mol. The minimum absolute atomic E-state index is 0.195. The lowest BCUT2D eigenvalue weighted by molar-refractivity contribution is -0.152.